The lowest BCUT2D eigenvalue weighted by Gasteiger charge is -2.05. The van der Waals surface area contributed by atoms with E-state index < -0.39 is 5.51 Å². The number of alkyl halides is 3. The highest BCUT2D eigenvalue weighted by atomic mass is 32.2. The van der Waals surface area contributed by atoms with Crippen LogP contribution in [0.3, 0.4) is 0 Å². The molecule has 9 heteroatoms. The molecule has 0 fully saturated rings. The molecule has 2 aromatic rings. The van der Waals surface area contributed by atoms with Crippen molar-refractivity contribution in [3.8, 4) is 0 Å². The molecule has 1 N–H and O–H groups in total. The van der Waals surface area contributed by atoms with Crippen LogP contribution in [-0.2, 0) is 9.59 Å². The predicted octanol–water partition coefficient (Wildman–Crippen LogP) is 3.00. The number of benzene rings is 1. The number of H-pyrrole nitrogens is 1. The van der Waals surface area contributed by atoms with Crippen molar-refractivity contribution in [3.05, 3.63) is 41.7 Å². The molecule has 1 heterocycles. The average molecular weight is 315 g/mol. The molecule has 0 spiro atoms. The summed E-state index contributed by atoms with van der Waals surface area (Å²) in [6.45, 7) is 0. The van der Waals surface area contributed by atoms with Crippen LogP contribution in [0.25, 0.3) is 12.2 Å². The number of nitrogens with zero attached hydrogens (tertiary/aromatic N) is 2. The van der Waals surface area contributed by atoms with Gasteiger partial charge in [0, 0.05) is 4.90 Å². The van der Waals surface area contributed by atoms with Crippen LogP contribution < -0.4 is 0 Å². The van der Waals surface area contributed by atoms with Gasteiger partial charge in [-0.1, -0.05) is 18.2 Å². The fraction of sp³-hybridized carbons (Fsp3) is 0.0833. The summed E-state index contributed by atoms with van der Waals surface area (Å²) in [5.74, 6) is 0. The number of hydrogen-bond acceptors (Lipinski definition) is 5. The van der Waals surface area contributed by atoms with E-state index in [9.17, 15) is 13.2 Å². The SMILES string of the molecule is FC(F)(F)Sc1ccc(C=Cc2cn[nH]n2)cc1.O=C=O. The zero-order valence-corrected chi connectivity index (χ0v) is 11.1. The van der Waals surface area contributed by atoms with E-state index in [-0.39, 0.29) is 22.8 Å². The summed E-state index contributed by atoms with van der Waals surface area (Å²) in [6.07, 6.45) is 5.26. The van der Waals surface area contributed by atoms with Gasteiger partial charge in [-0.05, 0) is 35.5 Å². The number of aromatic amines is 1. The first-order valence-corrected chi connectivity index (χ1v) is 6.15. The van der Waals surface area contributed by atoms with E-state index in [4.69, 9.17) is 9.59 Å². The number of nitrogens with one attached hydrogen (secondary N) is 1. The van der Waals surface area contributed by atoms with Crippen molar-refractivity contribution in [3.63, 3.8) is 0 Å². The molecule has 0 saturated carbocycles. The van der Waals surface area contributed by atoms with Gasteiger partial charge in [0.15, 0.2) is 0 Å². The maximum atomic E-state index is 12.1. The number of halogens is 3. The zero-order valence-electron chi connectivity index (χ0n) is 10.3. The highest BCUT2D eigenvalue weighted by Crippen LogP contribution is 2.36. The number of carbonyl (C=O) groups excluding carboxylic acids is 2. The molecule has 0 amide bonds. The van der Waals surface area contributed by atoms with E-state index >= 15 is 0 Å². The van der Waals surface area contributed by atoms with Gasteiger partial charge in [0.05, 0.1) is 6.20 Å². The molecule has 1 aromatic heterocycles. The molecule has 0 aliphatic carbocycles. The van der Waals surface area contributed by atoms with Gasteiger partial charge in [-0.2, -0.15) is 38.2 Å². The van der Waals surface area contributed by atoms with E-state index in [2.05, 4.69) is 15.4 Å². The van der Waals surface area contributed by atoms with Crippen LogP contribution in [0.2, 0.25) is 0 Å². The van der Waals surface area contributed by atoms with Gasteiger partial charge in [0.1, 0.15) is 5.69 Å². The minimum atomic E-state index is -4.25. The Morgan fingerprint density at radius 2 is 1.76 bits per heavy atom. The molecule has 2 rings (SSSR count). The Hall–Kier alpha value is -2.38. The minimum absolute atomic E-state index is 0.126. The Kier molecular flexibility index (Phi) is 6.38. The summed E-state index contributed by atoms with van der Waals surface area (Å²) in [7, 11) is 0. The first-order chi connectivity index (χ1) is 9.94. The summed E-state index contributed by atoms with van der Waals surface area (Å²) in [6, 6.07) is 6.09. The molecule has 5 nitrogen and oxygen atoms in total. The van der Waals surface area contributed by atoms with Crippen molar-refractivity contribution in [2.24, 2.45) is 0 Å². The molecule has 0 aliphatic heterocycles. The van der Waals surface area contributed by atoms with Gasteiger partial charge in [0.2, 0.25) is 0 Å². The number of thioether (sulfide) groups is 1. The highest BCUT2D eigenvalue weighted by Gasteiger charge is 2.28. The lowest BCUT2D eigenvalue weighted by atomic mass is 10.2. The summed E-state index contributed by atoms with van der Waals surface area (Å²) in [5.41, 5.74) is -2.80. The van der Waals surface area contributed by atoms with Gasteiger partial charge in [0.25, 0.3) is 0 Å². The second-order valence-electron chi connectivity index (χ2n) is 3.43. The monoisotopic (exact) mass is 315 g/mol. The third-order valence-electron chi connectivity index (χ3n) is 1.99. The van der Waals surface area contributed by atoms with E-state index in [1.54, 1.807) is 30.5 Å². The largest absolute Gasteiger partial charge is 0.446 e. The van der Waals surface area contributed by atoms with Gasteiger partial charge in [-0.15, -0.1) is 0 Å². The predicted molar refractivity (Wildman–Crippen MR) is 68.7 cm³/mol. The normalized spacial score (nSPS) is 10.8. The van der Waals surface area contributed by atoms with Gasteiger partial charge < -0.3 is 0 Å². The molecule has 1 aromatic carbocycles. The molecule has 21 heavy (non-hydrogen) atoms. The van der Waals surface area contributed by atoms with Gasteiger partial charge in [-0.25, -0.2) is 0 Å². The first-order valence-electron chi connectivity index (χ1n) is 5.33. The van der Waals surface area contributed by atoms with Crippen molar-refractivity contribution in [2.45, 2.75) is 10.4 Å². The second kappa shape index (κ2) is 8.03. The quantitative estimate of drug-likeness (QED) is 0.881. The van der Waals surface area contributed by atoms with Crippen LogP contribution in [0.4, 0.5) is 13.2 Å². The zero-order chi connectivity index (χ0) is 15.7. The smallest absolute Gasteiger partial charge is 0.197 e. The third-order valence-corrected chi connectivity index (χ3v) is 2.73. The van der Waals surface area contributed by atoms with Gasteiger partial charge >= 0.3 is 11.7 Å². The number of rotatable bonds is 3. The molecule has 0 bridgehead atoms. The van der Waals surface area contributed by atoms with E-state index in [1.165, 1.54) is 12.1 Å². The summed E-state index contributed by atoms with van der Waals surface area (Å²) in [5, 5.41) is 9.92. The van der Waals surface area contributed by atoms with E-state index in [0.29, 0.717) is 5.69 Å². The average Bonchev–Trinajstić information content (AvgIpc) is 2.90. The molecule has 110 valence electrons. The van der Waals surface area contributed by atoms with Crippen LogP contribution in [0, 0.1) is 0 Å². The van der Waals surface area contributed by atoms with Crippen LogP contribution in [0.5, 0.6) is 0 Å². The summed E-state index contributed by atoms with van der Waals surface area (Å²) in [4.78, 5) is 16.4. The third kappa shape index (κ3) is 7.09. The Bertz CT molecular complexity index is 604. The van der Waals surface area contributed by atoms with Crippen molar-refractivity contribution in [1.29, 1.82) is 0 Å². The Balaban J connectivity index is 0.000000677. The summed E-state index contributed by atoms with van der Waals surface area (Å²) < 4.78 is 36.3. The van der Waals surface area contributed by atoms with Crippen molar-refractivity contribution >= 4 is 30.1 Å². The molecule has 0 unspecified atom stereocenters. The first kappa shape index (κ1) is 16.7. The molecule has 0 radical (unpaired) electrons. The molecular weight excluding hydrogens is 307 g/mol. The topological polar surface area (TPSA) is 75.7 Å². The fourth-order valence-electron chi connectivity index (χ4n) is 1.25. The van der Waals surface area contributed by atoms with Crippen LogP contribution in [0.15, 0.2) is 35.4 Å². The number of hydrogen-bond donors (Lipinski definition) is 1. The minimum Gasteiger partial charge on any atom is -0.197 e. The molecule has 0 atom stereocenters. The maximum Gasteiger partial charge on any atom is 0.446 e. The summed E-state index contributed by atoms with van der Waals surface area (Å²) >= 11 is -0.126. The Morgan fingerprint density at radius 1 is 1.14 bits per heavy atom. The van der Waals surface area contributed by atoms with Crippen molar-refractivity contribution in [1.82, 2.24) is 15.4 Å². The van der Waals surface area contributed by atoms with Crippen LogP contribution >= 0.6 is 11.8 Å². The van der Waals surface area contributed by atoms with Crippen LogP contribution in [-0.4, -0.2) is 27.1 Å². The van der Waals surface area contributed by atoms with E-state index in [0.717, 1.165) is 5.56 Å². The standard InChI is InChI=1S/C11H8F3N3S.CO2/c12-11(13,14)18-10-5-2-8(3-6-10)1-4-9-7-15-17-16-9;2-1-3/h1-7H,(H,15,16,17);. The lowest BCUT2D eigenvalue weighted by Crippen LogP contribution is -1.98. The molecule has 0 aliphatic rings. The fourth-order valence-corrected chi connectivity index (χ4v) is 1.79. The maximum absolute atomic E-state index is 12.1. The second-order valence-corrected chi connectivity index (χ2v) is 4.57. The lowest BCUT2D eigenvalue weighted by molar-refractivity contribution is -0.191. The van der Waals surface area contributed by atoms with Gasteiger partial charge in [-0.3, -0.25) is 0 Å². The Morgan fingerprint density at radius 3 is 2.24 bits per heavy atom. The van der Waals surface area contributed by atoms with Crippen molar-refractivity contribution < 1.29 is 22.8 Å². The molecule has 0 saturated heterocycles. The number of aromatic nitrogens is 3. The highest BCUT2D eigenvalue weighted by molar-refractivity contribution is 8.00. The van der Waals surface area contributed by atoms with Crippen LogP contribution in [0.1, 0.15) is 11.3 Å². The molecular formula is C12H8F3N3O2S. The van der Waals surface area contributed by atoms with Crippen molar-refractivity contribution in [2.75, 3.05) is 0 Å². The Labute approximate surface area is 121 Å². The van der Waals surface area contributed by atoms with E-state index in [1.807, 2.05) is 0 Å².